The zero-order valence-corrected chi connectivity index (χ0v) is 16.7. The Morgan fingerprint density at radius 3 is 2.48 bits per heavy atom. The van der Waals surface area contributed by atoms with E-state index in [1.165, 1.54) is 15.9 Å². The molecule has 1 N–H and O–H groups in total. The summed E-state index contributed by atoms with van der Waals surface area (Å²) in [6.45, 7) is 7.56. The highest BCUT2D eigenvalue weighted by Crippen LogP contribution is 2.41. The summed E-state index contributed by atoms with van der Waals surface area (Å²) in [5.74, 6) is 1.62. The first-order chi connectivity index (χ1) is 13.0. The molecule has 144 valence electrons. The normalized spacial score (nSPS) is 22.2. The van der Waals surface area contributed by atoms with Crippen molar-refractivity contribution in [3.05, 3.63) is 40.5 Å². The molecule has 2 aromatic heterocycles. The summed E-state index contributed by atoms with van der Waals surface area (Å²) in [4.78, 5) is 8.33. The third-order valence-corrected chi connectivity index (χ3v) is 5.87. The van der Waals surface area contributed by atoms with Gasteiger partial charge >= 0.3 is 0 Å². The zero-order chi connectivity index (χ0) is 19.1. The number of hydrogen-bond donors (Lipinski definition) is 1. The van der Waals surface area contributed by atoms with Crippen LogP contribution in [0.3, 0.4) is 0 Å². The second-order valence-corrected chi connectivity index (χ2v) is 8.04. The summed E-state index contributed by atoms with van der Waals surface area (Å²) < 4.78 is 12.7. The Bertz CT molecular complexity index is 926. The summed E-state index contributed by atoms with van der Waals surface area (Å²) >= 11 is 1.48. The first-order valence-electron chi connectivity index (χ1n) is 9.04. The molecular weight excluding hydrogens is 364 g/mol. The minimum absolute atomic E-state index is 0.0986. The van der Waals surface area contributed by atoms with Crippen LogP contribution in [0, 0.1) is 6.92 Å². The molecule has 1 saturated heterocycles. The molecular formula is C19H24N4O3S. The van der Waals surface area contributed by atoms with E-state index in [1.807, 2.05) is 19.1 Å². The van der Waals surface area contributed by atoms with E-state index in [-0.39, 0.29) is 24.1 Å². The lowest BCUT2D eigenvalue weighted by Gasteiger charge is -2.40. The van der Waals surface area contributed by atoms with Crippen molar-refractivity contribution in [2.45, 2.75) is 39.0 Å². The first-order valence-corrected chi connectivity index (χ1v) is 9.86. The average molecular weight is 388 g/mol. The van der Waals surface area contributed by atoms with E-state index in [9.17, 15) is 5.11 Å². The maximum atomic E-state index is 10.9. The maximum Gasteiger partial charge on any atom is 0.230 e. The number of ether oxygens (including phenoxy) is 2. The standard InChI is InChI=1S/C19H24N4O3S/c1-11-9-22(10-12(2)26-11)16(14-5-7-15(25-4)8-6-14)17-18(24)23-19(27-17)20-13(3)21-23/h5-8,11-12,16,24H,9-10H2,1-4H3/t11-,12-,16-/m1/s1. The van der Waals surface area contributed by atoms with E-state index in [2.05, 4.69) is 41.0 Å². The molecule has 1 aliphatic heterocycles. The number of morpholine rings is 1. The van der Waals surface area contributed by atoms with E-state index in [0.717, 1.165) is 29.3 Å². The van der Waals surface area contributed by atoms with Crippen LogP contribution in [-0.2, 0) is 4.74 Å². The second-order valence-electron chi connectivity index (χ2n) is 7.03. The summed E-state index contributed by atoms with van der Waals surface area (Å²) in [7, 11) is 1.66. The first kappa shape index (κ1) is 18.2. The fourth-order valence-electron chi connectivity index (χ4n) is 3.77. The number of aromatic nitrogens is 3. The van der Waals surface area contributed by atoms with Gasteiger partial charge in [-0.25, -0.2) is 4.98 Å². The van der Waals surface area contributed by atoms with Crippen LogP contribution in [0.15, 0.2) is 24.3 Å². The molecule has 0 spiro atoms. The molecule has 3 aromatic rings. The number of hydrogen-bond acceptors (Lipinski definition) is 7. The van der Waals surface area contributed by atoms with Gasteiger partial charge in [-0.15, -0.1) is 5.10 Å². The molecule has 0 radical (unpaired) electrons. The van der Waals surface area contributed by atoms with Gasteiger partial charge in [-0.05, 0) is 38.5 Å². The monoisotopic (exact) mass is 388 g/mol. The number of methoxy groups -OCH3 is 1. The molecule has 8 heteroatoms. The Morgan fingerprint density at radius 2 is 1.89 bits per heavy atom. The van der Waals surface area contributed by atoms with E-state index >= 15 is 0 Å². The highest BCUT2D eigenvalue weighted by Gasteiger charge is 2.34. The van der Waals surface area contributed by atoms with Crippen molar-refractivity contribution in [2.24, 2.45) is 0 Å². The van der Waals surface area contributed by atoms with Gasteiger partial charge in [-0.1, -0.05) is 23.5 Å². The highest BCUT2D eigenvalue weighted by atomic mass is 32.1. The molecule has 0 unspecified atom stereocenters. The molecule has 3 atom stereocenters. The van der Waals surface area contributed by atoms with E-state index in [1.54, 1.807) is 7.11 Å². The molecule has 1 fully saturated rings. The summed E-state index contributed by atoms with van der Waals surface area (Å²) in [6.07, 6.45) is 0.252. The fraction of sp³-hybridized carbons (Fsp3) is 0.474. The zero-order valence-electron chi connectivity index (χ0n) is 15.9. The lowest BCUT2D eigenvalue weighted by Crippen LogP contribution is -2.47. The number of aryl methyl sites for hydroxylation is 1. The average Bonchev–Trinajstić information content (AvgIpc) is 3.13. The van der Waals surface area contributed by atoms with Crippen LogP contribution in [0.2, 0.25) is 0 Å². The van der Waals surface area contributed by atoms with Gasteiger partial charge in [0.25, 0.3) is 0 Å². The molecule has 0 saturated carbocycles. The van der Waals surface area contributed by atoms with Gasteiger partial charge < -0.3 is 14.6 Å². The third-order valence-electron chi connectivity index (χ3n) is 4.80. The van der Waals surface area contributed by atoms with Crippen molar-refractivity contribution in [1.82, 2.24) is 19.5 Å². The molecule has 0 bridgehead atoms. The topological polar surface area (TPSA) is 72.1 Å². The largest absolute Gasteiger partial charge is 0.497 e. The molecule has 7 nitrogen and oxygen atoms in total. The van der Waals surface area contributed by atoms with Crippen molar-refractivity contribution < 1.29 is 14.6 Å². The van der Waals surface area contributed by atoms with Gasteiger partial charge in [-0.2, -0.15) is 4.52 Å². The predicted octanol–water partition coefficient (Wildman–Crippen LogP) is 3.01. The Hall–Kier alpha value is -2.16. The van der Waals surface area contributed by atoms with E-state index in [0.29, 0.717) is 10.8 Å². The van der Waals surface area contributed by atoms with Gasteiger partial charge in [-0.3, -0.25) is 4.90 Å². The number of aromatic hydroxyl groups is 1. The Balaban J connectivity index is 1.80. The molecule has 0 aliphatic carbocycles. The van der Waals surface area contributed by atoms with Gasteiger partial charge in [0.05, 0.1) is 30.2 Å². The lowest BCUT2D eigenvalue weighted by atomic mass is 10.0. The summed E-state index contributed by atoms with van der Waals surface area (Å²) in [5, 5.41) is 15.2. The van der Waals surface area contributed by atoms with Crippen molar-refractivity contribution in [3.63, 3.8) is 0 Å². The molecule has 27 heavy (non-hydrogen) atoms. The van der Waals surface area contributed by atoms with Crippen molar-refractivity contribution in [3.8, 4) is 11.6 Å². The SMILES string of the molecule is COc1ccc([C@H](c2sc3nc(C)nn3c2O)N2C[C@@H](C)O[C@H](C)C2)cc1. The lowest BCUT2D eigenvalue weighted by molar-refractivity contribution is -0.0764. The van der Waals surface area contributed by atoms with Crippen LogP contribution >= 0.6 is 11.3 Å². The number of benzene rings is 1. The maximum absolute atomic E-state index is 10.9. The van der Waals surface area contributed by atoms with Crippen molar-refractivity contribution in [2.75, 3.05) is 20.2 Å². The van der Waals surface area contributed by atoms with E-state index < -0.39 is 0 Å². The minimum Gasteiger partial charge on any atom is -0.497 e. The third kappa shape index (κ3) is 3.40. The van der Waals surface area contributed by atoms with Gasteiger partial charge in [0, 0.05) is 13.1 Å². The van der Waals surface area contributed by atoms with Crippen molar-refractivity contribution >= 4 is 16.3 Å². The predicted molar refractivity (Wildman–Crippen MR) is 104 cm³/mol. The highest BCUT2D eigenvalue weighted by molar-refractivity contribution is 7.17. The Morgan fingerprint density at radius 1 is 1.22 bits per heavy atom. The van der Waals surface area contributed by atoms with Crippen LogP contribution in [0.5, 0.6) is 11.6 Å². The Labute approximate surface area is 162 Å². The molecule has 3 heterocycles. The number of nitrogens with zero attached hydrogens (tertiary/aromatic N) is 4. The minimum atomic E-state index is -0.0986. The smallest absolute Gasteiger partial charge is 0.230 e. The summed E-state index contributed by atoms with van der Waals surface area (Å²) in [5.41, 5.74) is 1.09. The second kappa shape index (κ2) is 7.10. The van der Waals surface area contributed by atoms with Crippen LogP contribution < -0.4 is 4.74 Å². The van der Waals surface area contributed by atoms with Crippen LogP contribution in [0.4, 0.5) is 0 Å². The molecule has 0 amide bonds. The van der Waals surface area contributed by atoms with Gasteiger partial charge in [0.2, 0.25) is 10.8 Å². The number of thiazole rings is 1. The fourth-order valence-corrected chi connectivity index (χ4v) is 4.93. The quantitative estimate of drug-likeness (QED) is 0.741. The van der Waals surface area contributed by atoms with Gasteiger partial charge in [0.15, 0.2) is 0 Å². The Kier molecular flexibility index (Phi) is 4.79. The number of rotatable bonds is 4. The van der Waals surface area contributed by atoms with Crippen molar-refractivity contribution in [1.29, 1.82) is 0 Å². The van der Waals surface area contributed by atoms with Crippen LogP contribution in [-0.4, -0.2) is 57.0 Å². The van der Waals surface area contributed by atoms with Gasteiger partial charge in [0.1, 0.15) is 11.6 Å². The van der Waals surface area contributed by atoms with Crippen LogP contribution in [0.1, 0.15) is 36.2 Å². The molecule has 1 aromatic carbocycles. The molecule has 4 rings (SSSR count). The molecule has 1 aliphatic rings. The van der Waals surface area contributed by atoms with Crippen LogP contribution in [0.25, 0.3) is 4.96 Å². The summed E-state index contributed by atoms with van der Waals surface area (Å²) in [6, 6.07) is 7.91. The van der Waals surface area contributed by atoms with E-state index in [4.69, 9.17) is 9.47 Å². The number of fused-ring (bicyclic) bond motifs is 1.